The third-order valence-corrected chi connectivity index (χ3v) is 4.96. The van der Waals surface area contributed by atoms with E-state index in [9.17, 15) is 9.59 Å². The molecule has 5 nitrogen and oxygen atoms in total. The van der Waals surface area contributed by atoms with Gasteiger partial charge in [-0.2, -0.15) is 0 Å². The van der Waals surface area contributed by atoms with Crippen LogP contribution in [0.25, 0.3) is 0 Å². The fourth-order valence-corrected chi connectivity index (χ4v) is 3.79. The number of likely N-dealkylation sites (tertiary alicyclic amines) is 1. The van der Waals surface area contributed by atoms with Crippen LogP contribution < -0.4 is 0 Å². The minimum Gasteiger partial charge on any atom is -0.481 e. The predicted octanol–water partition coefficient (Wildman–Crippen LogP) is 2.83. The highest BCUT2D eigenvalue weighted by Gasteiger charge is 2.35. The van der Waals surface area contributed by atoms with Gasteiger partial charge in [0.05, 0.1) is 12.5 Å². The van der Waals surface area contributed by atoms with E-state index < -0.39 is 12.1 Å². The maximum atomic E-state index is 12.7. The molecule has 2 aliphatic rings. The summed E-state index contributed by atoms with van der Waals surface area (Å²) in [5.41, 5.74) is 0. The fraction of sp³-hybridized carbons (Fsp3) is 0.882. The first-order valence-corrected chi connectivity index (χ1v) is 8.69. The van der Waals surface area contributed by atoms with Crippen molar-refractivity contribution in [2.45, 2.75) is 83.5 Å². The molecule has 0 aromatic heterocycles. The number of carboxylic acid groups (broad SMARTS) is 1. The molecule has 4 unspecified atom stereocenters. The number of amides is 1. The highest BCUT2D eigenvalue weighted by molar-refractivity contribution is 5.82. The molecular weight excluding hydrogens is 282 g/mol. The minimum absolute atomic E-state index is 0.00974. The Hall–Kier alpha value is -1.10. The SMILES string of the molecule is CCC(OC1CCCC(C)C1)C(=O)N1CCCC1CC(=O)O. The molecule has 0 bridgehead atoms. The topological polar surface area (TPSA) is 66.8 Å². The summed E-state index contributed by atoms with van der Waals surface area (Å²) in [6.07, 6.45) is 6.62. The number of rotatable bonds is 6. The number of hydrogen-bond donors (Lipinski definition) is 1. The third kappa shape index (κ3) is 4.45. The van der Waals surface area contributed by atoms with Gasteiger partial charge in [-0.3, -0.25) is 9.59 Å². The maximum Gasteiger partial charge on any atom is 0.305 e. The Morgan fingerprint density at radius 1 is 1.27 bits per heavy atom. The van der Waals surface area contributed by atoms with Gasteiger partial charge in [0.1, 0.15) is 6.10 Å². The van der Waals surface area contributed by atoms with Crippen molar-refractivity contribution in [2.24, 2.45) is 5.92 Å². The van der Waals surface area contributed by atoms with Crippen LogP contribution in [-0.4, -0.2) is 46.7 Å². The van der Waals surface area contributed by atoms with E-state index in [4.69, 9.17) is 9.84 Å². The van der Waals surface area contributed by atoms with Crippen molar-refractivity contribution in [3.63, 3.8) is 0 Å². The molecular formula is C17H29NO4. The van der Waals surface area contributed by atoms with Crippen molar-refractivity contribution in [3.8, 4) is 0 Å². The molecule has 0 radical (unpaired) electrons. The quantitative estimate of drug-likeness (QED) is 0.819. The molecule has 1 saturated carbocycles. The molecule has 0 aromatic rings. The zero-order valence-corrected chi connectivity index (χ0v) is 13.8. The van der Waals surface area contributed by atoms with Crippen LogP contribution in [0.15, 0.2) is 0 Å². The van der Waals surface area contributed by atoms with Gasteiger partial charge in [0.15, 0.2) is 0 Å². The number of carboxylic acids is 1. The van der Waals surface area contributed by atoms with Gasteiger partial charge >= 0.3 is 5.97 Å². The fourth-order valence-electron chi connectivity index (χ4n) is 3.79. The number of nitrogens with zero attached hydrogens (tertiary/aromatic N) is 1. The third-order valence-electron chi connectivity index (χ3n) is 4.96. The van der Waals surface area contributed by atoms with E-state index >= 15 is 0 Å². The number of carbonyl (C=O) groups excluding carboxylic acids is 1. The molecule has 2 rings (SSSR count). The summed E-state index contributed by atoms with van der Waals surface area (Å²) >= 11 is 0. The second kappa shape index (κ2) is 7.95. The number of hydrogen-bond acceptors (Lipinski definition) is 3. The van der Waals surface area contributed by atoms with E-state index in [1.807, 2.05) is 6.92 Å². The van der Waals surface area contributed by atoms with Gasteiger partial charge in [-0.25, -0.2) is 0 Å². The molecule has 2 fully saturated rings. The van der Waals surface area contributed by atoms with Crippen molar-refractivity contribution < 1.29 is 19.4 Å². The molecule has 1 saturated heterocycles. The van der Waals surface area contributed by atoms with E-state index in [1.54, 1.807) is 4.90 Å². The molecule has 1 aliphatic carbocycles. The van der Waals surface area contributed by atoms with Crippen LogP contribution in [0.5, 0.6) is 0 Å². The molecule has 1 heterocycles. The average Bonchev–Trinajstić information content (AvgIpc) is 2.91. The van der Waals surface area contributed by atoms with Crippen molar-refractivity contribution in [3.05, 3.63) is 0 Å². The molecule has 22 heavy (non-hydrogen) atoms. The Kier molecular flexibility index (Phi) is 6.24. The maximum absolute atomic E-state index is 12.7. The van der Waals surface area contributed by atoms with E-state index in [-0.39, 0.29) is 24.5 Å². The van der Waals surface area contributed by atoms with E-state index in [0.29, 0.717) is 18.9 Å². The van der Waals surface area contributed by atoms with Crippen molar-refractivity contribution in [2.75, 3.05) is 6.54 Å². The Bertz CT molecular complexity index is 398. The Labute approximate surface area is 133 Å². The lowest BCUT2D eigenvalue weighted by molar-refractivity contribution is -0.152. The summed E-state index contributed by atoms with van der Waals surface area (Å²) < 4.78 is 6.10. The zero-order chi connectivity index (χ0) is 16.1. The van der Waals surface area contributed by atoms with Crippen LogP contribution in [-0.2, 0) is 14.3 Å². The first-order chi connectivity index (χ1) is 10.5. The average molecular weight is 311 g/mol. The highest BCUT2D eigenvalue weighted by Crippen LogP contribution is 2.28. The summed E-state index contributed by atoms with van der Waals surface area (Å²) in [5, 5.41) is 8.99. The Morgan fingerprint density at radius 2 is 2.05 bits per heavy atom. The van der Waals surface area contributed by atoms with Crippen LogP contribution in [0.1, 0.15) is 65.2 Å². The first kappa shape index (κ1) is 17.3. The summed E-state index contributed by atoms with van der Waals surface area (Å²) in [5.74, 6) is -0.179. The molecule has 5 heteroatoms. The van der Waals surface area contributed by atoms with Crippen LogP contribution in [0.4, 0.5) is 0 Å². The van der Waals surface area contributed by atoms with E-state index in [1.165, 1.54) is 12.8 Å². The molecule has 1 N–H and O–H groups in total. The second-order valence-electron chi connectivity index (χ2n) is 6.85. The normalized spacial score (nSPS) is 30.3. The molecule has 1 amide bonds. The van der Waals surface area contributed by atoms with Gasteiger partial charge in [0, 0.05) is 12.6 Å². The van der Waals surface area contributed by atoms with Crippen LogP contribution >= 0.6 is 0 Å². The van der Waals surface area contributed by atoms with Crippen LogP contribution in [0.2, 0.25) is 0 Å². The second-order valence-corrected chi connectivity index (χ2v) is 6.85. The molecule has 4 atom stereocenters. The standard InChI is InChI=1S/C17H29NO4/c1-3-15(22-14-8-4-6-12(2)10-14)17(21)18-9-5-7-13(18)11-16(19)20/h12-15H,3-11H2,1-2H3,(H,19,20). The van der Waals surface area contributed by atoms with E-state index in [2.05, 4.69) is 6.92 Å². The van der Waals surface area contributed by atoms with Crippen molar-refractivity contribution >= 4 is 11.9 Å². The van der Waals surface area contributed by atoms with Gasteiger partial charge in [-0.1, -0.05) is 26.7 Å². The zero-order valence-electron chi connectivity index (χ0n) is 13.8. The van der Waals surface area contributed by atoms with Gasteiger partial charge in [0.2, 0.25) is 0 Å². The first-order valence-electron chi connectivity index (χ1n) is 8.69. The molecule has 0 spiro atoms. The van der Waals surface area contributed by atoms with Crippen LogP contribution in [0, 0.1) is 5.92 Å². The summed E-state index contributed by atoms with van der Waals surface area (Å²) in [7, 11) is 0. The smallest absolute Gasteiger partial charge is 0.305 e. The molecule has 1 aliphatic heterocycles. The van der Waals surface area contributed by atoms with Crippen molar-refractivity contribution in [1.29, 1.82) is 0 Å². The van der Waals surface area contributed by atoms with E-state index in [0.717, 1.165) is 25.7 Å². The molecule has 126 valence electrons. The van der Waals surface area contributed by atoms with Gasteiger partial charge in [0.25, 0.3) is 5.91 Å². The Balaban J connectivity index is 1.94. The lowest BCUT2D eigenvalue weighted by atomic mass is 9.88. The number of carbonyl (C=O) groups is 2. The minimum atomic E-state index is -0.834. The summed E-state index contributed by atoms with van der Waals surface area (Å²) in [6, 6.07) is -0.159. The Morgan fingerprint density at radius 3 is 2.68 bits per heavy atom. The monoisotopic (exact) mass is 311 g/mol. The highest BCUT2D eigenvalue weighted by atomic mass is 16.5. The van der Waals surface area contributed by atoms with Gasteiger partial charge in [-0.05, 0) is 38.0 Å². The lowest BCUT2D eigenvalue weighted by Gasteiger charge is -2.33. The van der Waals surface area contributed by atoms with Crippen LogP contribution in [0.3, 0.4) is 0 Å². The van der Waals surface area contributed by atoms with Crippen molar-refractivity contribution in [1.82, 2.24) is 4.90 Å². The summed E-state index contributed by atoms with van der Waals surface area (Å²) in [6.45, 7) is 4.87. The van der Waals surface area contributed by atoms with Gasteiger partial charge in [-0.15, -0.1) is 0 Å². The number of ether oxygens (including phenoxy) is 1. The summed E-state index contributed by atoms with van der Waals surface area (Å²) in [4.78, 5) is 25.4. The largest absolute Gasteiger partial charge is 0.481 e. The van der Waals surface area contributed by atoms with Gasteiger partial charge < -0.3 is 14.7 Å². The molecule has 0 aromatic carbocycles. The number of aliphatic carboxylic acids is 1. The lowest BCUT2D eigenvalue weighted by Crippen LogP contribution is -2.45. The predicted molar refractivity (Wildman–Crippen MR) is 83.6 cm³/mol.